The van der Waals surface area contributed by atoms with Crippen LogP contribution in [0.3, 0.4) is 0 Å². The maximum absolute atomic E-state index is 13.9. The van der Waals surface area contributed by atoms with E-state index in [2.05, 4.69) is 114 Å². The molecule has 1 aliphatic rings. The van der Waals surface area contributed by atoms with E-state index >= 15 is 0 Å². The fraction of sp³-hybridized carbons (Fsp3) is 0.225. The Morgan fingerprint density at radius 1 is 0.818 bits per heavy atom. The Kier molecular flexibility index (Phi) is 7.21. The number of fused-ring (bicyclic) bond motifs is 4. The van der Waals surface area contributed by atoms with Crippen molar-refractivity contribution in [2.24, 2.45) is 17.8 Å². The molecular weight excluding hydrogens is 540 g/mol. The van der Waals surface area contributed by atoms with Crippen LogP contribution >= 0.6 is 0 Å². The molecule has 1 saturated carbocycles. The van der Waals surface area contributed by atoms with E-state index in [1.807, 2.05) is 31.2 Å². The van der Waals surface area contributed by atoms with Gasteiger partial charge in [-0.1, -0.05) is 87.2 Å². The largest absolute Gasteiger partial charge is 0.462 e. The van der Waals surface area contributed by atoms with Crippen LogP contribution in [0, 0.1) is 17.8 Å². The minimum Gasteiger partial charge on any atom is -0.462 e. The van der Waals surface area contributed by atoms with Gasteiger partial charge in [-0.25, -0.2) is 4.79 Å². The third-order valence-electron chi connectivity index (χ3n) is 9.43. The summed E-state index contributed by atoms with van der Waals surface area (Å²) in [6.07, 6.45) is 8.38. The van der Waals surface area contributed by atoms with Crippen LogP contribution < -0.4 is 0 Å². The lowest BCUT2D eigenvalue weighted by Crippen LogP contribution is -2.17. The van der Waals surface area contributed by atoms with Crippen LogP contribution in [0.1, 0.15) is 55.2 Å². The third-order valence-corrected chi connectivity index (χ3v) is 9.43. The van der Waals surface area contributed by atoms with Gasteiger partial charge in [-0.15, -0.1) is 0 Å². The van der Waals surface area contributed by atoms with Crippen LogP contribution in [-0.4, -0.2) is 21.7 Å². The van der Waals surface area contributed by atoms with Gasteiger partial charge in [0, 0.05) is 33.1 Å². The molecule has 4 heteroatoms. The van der Waals surface area contributed by atoms with E-state index in [0.29, 0.717) is 29.9 Å². The first-order valence-electron chi connectivity index (χ1n) is 15.7. The summed E-state index contributed by atoms with van der Waals surface area (Å²) in [5.41, 5.74) is 7.69. The monoisotopic (exact) mass is 578 g/mol. The highest BCUT2D eigenvalue weighted by molar-refractivity contribution is 6.09. The van der Waals surface area contributed by atoms with Gasteiger partial charge in [0.1, 0.15) is 0 Å². The third kappa shape index (κ3) is 4.66. The molecule has 3 atom stereocenters. The number of carbonyl (C=O) groups is 1. The zero-order valence-corrected chi connectivity index (χ0v) is 25.7. The molecule has 0 spiro atoms. The van der Waals surface area contributed by atoms with Crippen molar-refractivity contribution in [1.82, 2.24) is 9.13 Å². The molecule has 6 aromatic rings. The van der Waals surface area contributed by atoms with Gasteiger partial charge in [0.25, 0.3) is 0 Å². The number of benzene rings is 4. The molecule has 4 nitrogen and oxygen atoms in total. The van der Waals surface area contributed by atoms with Crippen molar-refractivity contribution in [3.05, 3.63) is 120 Å². The zero-order chi connectivity index (χ0) is 30.4. The lowest BCUT2D eigenvalue weighted by atomic mass is 9.99. The highest BCUT2D eigenvalue weighted by Crippen LogP contribution is 2.38. The molecule has 1 aliphatic carbocycles. The molecule has 44 heavy (non-hydrogen) atoms. The van der Waals surface area contributed by atoms with Gasteiger partial charge < -0.3 is 13.9 Å². The normalized spacial score (nSPS) is 18.6. The van der Waals surface area contributed by atoms with Crippen LogP contribution in [0.4, 0.5) is 0 Å². The van der Waals surface area contributed by atoms with Gasteiger partial charge >= 0.3 is 5.97 Å². The van der Waals surface area contributed by atoms with Gasteiger partial charge in [0.2, 0.25) is 0 Å². The Hall–Kier alpha value is -4.83. The second-order valence-corrected chi connectivity index (χ2v) is 12.4. The number of ether oxygens (including phenoxy) is 1. The molecule has 7 rings (SSSR count). The number of carbonyl (C=O) groups excluding carboxylic acids is 1. The standard InChI is InChI=1S/C40H38N2O2/c1-5-13-36-32(6-2)33-14-7-10-17-37(33)41(36)30-22-28(40(43)44-25-29-21-26(3)20-27(29)4)23-31(24-30)42-38-18-11-8-15-34(38)35-16-9-12-19-39(35)42/h5-19,22-24,26-27,29H,2,20-21,25H2,1,3-4H3/b13-5-. The van der Waals surface area contributed by atoms with Gasteiger partial charge in [-0.3, -0.25) is 0 Å². The number of aromatic nitrogens is 2. The van der Waals surface area contributed by atoms with Crippen molar-refractivity contribution in [3.8, 4) is 11.4 Å². The smallest absolute Gasteiger partial charge is 0.338 e. The van der Waals surface area contributed by atoms with Crippen LogP contribution in [0.5, 0.6) is 0 Å². The van der Waals surface area contributed by atoms with Crippen molar-refractivity contribution >= 4 is 50.8 Å². The molecule has 0 N–H and O–H groups in total. The summed E-state index contributed by atoms with van der Waals surface area (Å²) in [5, 5.41) is 3.47. The SMILES string of the molecule is C=Cc1c(/C=C\C)n(-c2cc(C(=O)OCC3CC(C)CC3C)cc(-n3c4ccccc4c4ccccc43)c2)c2ccccc12. The summed E-state index contributed by atoms with van der Waals surface area (Å²) in [6, 6.07) is 31.4. The van der Waals surface area contributed by atoms with Crippen LogP contribution in [0.15, 0.2) is 104 Å². The van der Waals surface area contributed by atoms with Crippen molar-refractivity contribution in [2.45, 2.75) is 33.6 Å². The minimum atomic E-state index is -0.284. The van der Waals surface area contributed by atoms with E-state index in [1.165, 1.54) is 17.2 Å². The summed E-state index contributed by atoms with van der Waals surface area (Å²) in [7, 11) is 0. The van der Waals surface area contributed by atoms with E-state index in [0.717, 1.165) is 51.0 Å². The summed E-state index contributed by atoms with van der Waals surface area (Å²) in [6.45, 7) is 11.2. The zero-order valence-electron chi connectivity index (χ0n) is 25.7. The quantitative estimate of drug-likeness (QED) is 0.177. The molecular formula is C40H38N2O2. The van der Waals surface area contributed by atoms with Gasteiger partial charge in [0.15, 0.2) is 0 Å². The lowest BCUT2D eigenvalue weighted by Gasteiger charge is -2.18. The topological polar surface area (TPSA) is 36.2 Å². The lowest BCUT2D eigenvalue weighted by molar-refractivity contribution is 0.0414. The second kappa shape index (κ2) is 11.3. The molecule has 0 radical (unpaired) electrons. The predicted octanol–water partition coefficient (Wildman–Crippen LogP) is 10.2. The van der Waals surface area contributed by atoms with Gasteiger partial charge in [0.05, 0.1) is 34.4 Å². The number of rotatable bonds is 7. The van der Waals surface area contributed by atoms with Crippen molar-refractivity contribution in [1.29, 1.82) is 0 Å². The Morgan fingerprint density at radius 3 is 1.95 bits per heavy atom. The molecule has 0 saturated heterocycles. The Balaban J connectivity index is 1.46. The highest BCUT2D eigenvalue weighted by atomic mass is 16.5. The number of para-hydroxylation sites is 3. The maximum atomic E-state index is 13.9. The van der Waals surface area contributed by atoms with E-state index in [1.54, 1.807) is 0 Å². The van der Waals surface area contributed by atoms with E-state index in [9.17, 15) is 4.79 Å². The number of nitrogens with zero attached hydrogens (tertiary/aromatic N) is 2. The summed E-state index contributed by atoms with van der Waals surface area (Å²) >= 11 is 0. The number of esters is 1. The Bertz CT molecular complexity index is 2020. The summed E-state index contributed by atoms with van der Waals surface area (Å²) in [5.74, 6) is 1.35. The molecule has 1 fully saturated rings. The average Bonchev–Trinajstić information content (AvgIpc) is 3.67. The molecule has 0 bridgehead atoms. The molecule has 2 aromatic heterocycles. The fourth-order valence-corrected chi connectivity index (χ4v) is 7.44. The molecule has 2 heterocycles. The molecule has 220 valence electrons. The number of hydrogen-bond acceptors (Lipinski definition) is 2. The van der Waals surface area contributed by atoms with Crippen LogP contribution in [0.2, 0.25) is 0 Å². The maximum Gasteiger partial charge on any atom is 0.338 e. The van der Waals surface area contributed by atoms with E-state index < -0.39 is 0 Å². The molecule has 4 aromatic carbocycles. The molecule has 0 amide bonds. The molecule has 0 aliphatic heterocycles. The van der Waals surface area contributed by atoms with Crippen molar-refractivity contribution in [3.63, 3.8) is 0 Å². The van der Waals surface area contributed by atoms with Crippen molar-refractivity contribution in [2.75, 3.05) is 6.61 Å². The summed E-state index contributed by atoms with van der Waals surface area (Å²) < 4.78 is 10.6. The number of hydrogen-bond donors (Lipinski definition) is 0. The number of allylic oxidation sites excluding steroid dienone is 1. The average molecular weight is 579 g/mol. The Labute approximate surface area is 258 Å². The fourth-order valence-electron chi connectivity index (χ4n) is 7.44. The second-order valence-electron chi connectivity index (χ2n) is 12.4. The highest BCUT2D eigenvalue weighted by Gasteiger charge is 2.30. The van der Waals surface area contributed by atoms with E-state index in [-0.39, 0.29) is 5.97 Å². The Morgan fingerprint density at radius 2 is 1.39 bits per heavy atom. The minimum absolute atomic E-state index is 0.284. The summed E-state index contributed by atoms with van der Waals surface area (Å²) in [4.78, 5) is 13.9. The van der Waals surface area contributed by atoms with Crippen LogP contribution in [0.25, 0.3) is 56.2 Å². The van der Waals surface area contributed by atoms with Gasteiger partial charge in [-0.05, 0) is 80.0 Å². The van der Waals surface area contributed by atoms with Gasteiger partial charge in [-0.2, -0.15) is 0 Å². The first-order chi connectivity index (χ1) is 21.5. The first kappa shape index (κ1) is 28.0. The first-order valence-corrected chi connectivity index (χ1v) is 15.7. The molecule has 3 unspecified atom stereocenters. The van der Waals surface area contributed by atoms with Crippen molar-refractivity contribution < 1.29 is 9.53 Å². The predicted molar refractivity (Wildman–Crippen MR) is 184 cm³/mol. The van der Waals surface area contributed by atoms with E-state index in [4.69, 9.17) is 4.74 Å². The van der Waals surface area contributed by atoms with Crippen LogP contribution in [-0.2, 0) is 4.74 Å².